The van der Waals surface area contributed by atoms with Gasteiger partial charge >= 0.3 is 0 Å². The van der Waals surface area contributed by atoms with Crippen LogP contribution in [0.15, 0.2) is 30.7 Å². The van der Waals surface area contributed by atoms with Gasteiger partial charge in [-0.1, -0.05) is 6.07 Å². The van der Waals surface area contributed by atoms with Crippen LogP contribution < -0.4 is 0 Å². The maximum atomic E-state index is 4.30. The fraction of sp³-hybridized carbons (Fsp3) is 0. The van der Waals surface area contributed by atoms with E-state index in [1.54, 1.807) is 17.7 Å². The van der Waals surface area contributed by atoms with Crippen LogP contribution in [0.4, 0.5) is 0 Å². The second-order valence-corrected chi connectivity index (χ2v) is 5.31. The van der Waals surface area contributed by atoms with Gasteiger partial charge in [0.1, 0.15) is 6.33 Å². The minimum atomic E-state index is 1.07. The number of hydrogen-bond acceptors (Lipinski definition) is 3. The maximum absolute atomic E-state index is 4.30. The van der Waals surface area contributed by atoms with Crippen LogP contribution in [-0.2, 0) is 0 Å². The number of rotatable bonds is 0. The molecule has 1 aromatic carbocycles. The van der Waals surface area contributed by atoms with E-state index in [0.717, 1.165) is 10.2 Å². The average Bonchev–Trinajstić information content (AvgIpc) is 2.54. The zero-order chi connectivity index (χ0) is 9.54. The number of thiophene rings is 1. The number of benzene rings is 1. The van der Waals surface area contributed by atoms with Crippen LogP contribution in [0, 0.1) is 3.57 Å². The minimum Gasteiger partial charge on any atom is -0.243 e. The molecule has 68 valence electrons. The highest BCUT2D eigenvalue weighted by Crippen LogP contribution is 2.32. The van der Waals surface area contributed by atoms with Gasteiger partial charge in [0.05, 0.1) is 10.2 Å². The summed E-state index contributed by atoms with van der Waals surface area (Å²) in [6, 6.07) is 6.42. The first kappa shape index (κ1) is 8.55. The van der Waals surface area contributed by atoms with Crippen LogP contribution >= 0.6 is 33.9 Å². The molecule has 0 aliphatic carbocycles. The molecule has 0 radical (unpaired) electrons. The highest BCUT2D eigenvalue weighted by atomic mass is 127. The van der Waals surface area contributed by atoms with Crippen LogP contribution in [0.3, 0.4) is 0 Å². The fourth-order valence-electron chi connectivity index (χ4n) is 1.49. The Hall–Kier alpha value is -0.750. The minimum absolute atomic E-state index is 1.07. The number of halogens is 1. The Bertz CT molecular complexity index is 618. The van der Waals surface area contributed by atoms with E-state index in [2.05, 4.69) is 50.8 Å². The first-order chi connectivity index (χ1) is 6.84. The van der Waals surface area contributed by atoms with Gasteiger partial charge in [0, 0.05) is 19.9 Å². The lowest BCUT2D eigenvalue weighted by Gasteiger charge is -1.90. The Labute approximate surface area is 98.1 Å². The summed E-state index contributed by atoms with van der Waals surface area (Å²) in [5, 5.41) is 1.23. The summed E-state index contributed by atoms with van der Waals surface area (Å²) in [5.41, 5.74) is 1.07. The van der Waals surface area contributed by atoms with Gasteiger partial charge < -0.3 is 0 Å². The molecule has 2 heterocycles. The predicted octanol–water partition coefficient (Wildman–Crippen LogP) is 3.45. The van der Waals surface area contributed by atoms with E-state index in [0.29, 0.717) is 0 Å². The molecule has 3 rings (SSSR count). The fourth-order valence-corrected chi connectivity index (χ4v) is 3.26. The van der Waals surface area contributed by atoms with E-state index < -0.39 is 0 Å². The number of hydrogen-bond donors (Lipinski definition) is 0. The van der Waals surface area contributed by atoms with Crippen LogP contribution in [0.2, 0.25) is 0 Å². The van der Waals surface area contributed by atoms with Gasteiger partial charge in [0.2, 0.25) is 0 Å². The van der Waals surface area contributed by atoms with E-state index in [9.17, 15) is 0 Å². The summed E-state index contributed by atoms with van der Waals surface area (Å²) in [6.45, 7) is 0. The molecule has 0 aliphatic heterocycles. The van der Waals surface area contributed by atoms with Crippen molar-refractivity contribution in [2.24, 2.45) is 0 Å². The van der Waals surface area contributed by atoms with E-state index in [1.165, 1.54) is 13.7 Å². The highest BCUT2D eigenvalue weighted by Gasteiger charge is 2.05. The molecule has 3 aromatic rings. The molecule has 14 heavy (non-hydrogen) atoms. The summed E-state index contributed by atoms with van der Waals surface area (Å²) in [7, 11) is 0. The van der Waals surface area contributed by atoms with E-state index in [-0.39, 0.29) is 0 Å². The monoisotopic (exact) mass is 312 g/mol. The van der Waals surface area contributed by atoms with Gasteiger partial charge in [-0.2, -0.15) is 0 Å². The first-order valence-electron chi connectivity index (χ1n) is 4.12. The van der Waals surface area contributed by atoms with Crippen molar-refractivity contribution in [2.75, 3.05) is 0 Å². The van der Waals surface area contributed by atoms with Gasteiger partial charge in [-0.15, -0.1) is 11.3 Å². The van der Waals surface area contributed by atoms with Gasteiger partial charge in [0.25, 0.3) is 0 Å². The molecule has 0 spiro atoms. The molecule has 0 saturated carbocycles. The van der Waals surface area contributed by atoms with Crippen molar-refractivity contribution >= 4 is 54.2 Å². The van der Waals surface area contributed by atoms with Crippen LogP contribution in [-0.4, -0.2) is 9.97 Å². The molecule has 0 amide bonds. The number of aromatic nitrogens is 2. The van der Waals surface area contributed by atoms with E-state index in [1.807, 2.05) is 6.20 Å². The summed E-state index contributed by atoms with van der Waals surface area (Å²) in [4.78, 5) is 8.32. The largest absolute Gasteiger partial charge is 0.243 e. The molecular weight excluding hydrogens is 307 g/mol. The molecule has 0 fully saturated rings. The molecule has 0 atom stereocenters. The average molecular weight is 312 g/mol. The van der Waals surface area contributed by atoms with Crippen molar-refractivity contribution in [3.05, 3.63) is 34.3 Å². The summed E-state index contributed by atoms with van der Waals surface area (Å²) in [6.07, 6.45) is 3.48. The third-order valence-electron chi connectivity index (χ3n) is 2.10. The number of fused-ring (bicyclic) bond motifs is 3. The second-order valence-electron chi connectivity index (χ2n) is 2.98. The molecule has 0 saturated heterocycles. The Morgan fingerprint density at radius 2 is 2.14 bits per heavy atom. The number of nitrogens with zero attached hydrogens (tertiary/aromatic N) is 2. The molecule has 0 aliphatic rings. The van der Waals surface area contributed by atoms with Crippen LogP contribution in [0.5, 0.6) is 0 Å². The Kier molecular flexibility index (Phi) is 1.91. The summed E-state index contributed by atoms with van der Waals surface area (Å²) in [5.74, 6) is 0. The molecule has 4 heteroatoms. The molecule has 0 unspecified atom stereocenters. The summed E-state index contributed by atoms with van der Waals surface area (Å²) < 4.78 is 3.70. The second kappa shape index (κ2) is 3.13. The predicted molar refractivity (Wildman–Crippen MR) is 67.6 cm³/mol. The molecule has 0 bridgehead atoms. The zero-order valence-electron chi connectivity index (χ0n) is 7.07. The smallest absolute Gasteiger partial charge is 0.116 e. The molecular formula is C10H5IN2S. The van der Waals surface area contributed by atoms with Crippen molar-refractivity contribution in [2.45, 2.75) is 0 Å². The Balaban J connectivity index is 2.57. The molecule has 2 nitrogen and oxygen atoms in total. The van der Waals surface area contributed by atoms with Gasteiger partial charge in [-0.25, -0.2) is 9.97 Å². The van der Waals surface area contributed by atoms with Crippen molar-refractivity contribution < 1.29 is 0 Å². The van der Waals surface area contributed by atoms with E-state index >= 15 is 0 Å². The van der Waals surface area contributed by atoms with Crippen molar-refractivity contribution in [1.29, 1.82) is 0 Å². The van der Waals surface area contributed by atoms with Crippen molar-refractivity contribution in [1.82, 2.24) is 9.97 Å². The van der Waals surface area contributed by atoms with Crippen molar-refractivity contribution in [3.63, 3.8) is 0 Å². The van der Waals surface area contributed by atoms with Crippen molar-refractivity contribution in [3.8, 4) is 0 Å². The lowest BCUT2D eigenvalue weighted by molar-refractivity contribution is 1.23. The SMILES string of the molecule is Ic1ccc2c(c1)sc1cncnc12. The lowest BCUT2D eigenvalue weighted by atomic mass is 10.2. The van der Waals surface area contributed by atoms with Gasteiger partial charge in [-0.3, -0.25) is 0 Å². The van der Waals surface area contributed by atoms with E-state index in [4.69, 9.17) is 0 Å². The first-order valence-corrected chi connectivity index (χ1v) is 6.02. The van der Waals surface area contributed by atoms with Crippen LogP contribution in [0.25, 0.3) is 20.3 Å². The molecule has 0 N–H and O–H groups in total. The Morgan fingerprint density at radius 3 is 3.07 bits per heavy atom. The third kappa shape index (κ3) is 1.21. The van der Waals surface area contributed by atoms with Gasteiger partial charge in [0.15, 0.2) is 0 Å². The normalized spacial score (nSPS) is 11.2. The summed E-state index contributed by atoms with van der Waals surface area (Å²) >= 11 is 4.07. The lowest BCUT2D eigenvalue weighted by Crippen LogP contribution is -1.75. The third-order valence-corrected chi connectivity index (χ3v) is 3.84. The zero-order valence-corrected chi connectivity index (χ0v) is 10.0. The maximum Gasteiger partial charge on any atom is 0.116 e. The van der Waals surface area contributed by atoms with Crippen LogP contribution in [0.1, 0.15) is 0 Å². The highest BCUT2D eigenvalue weighted by molar-refractivity contribution is 14.1. The molecule has 2 aromatic heterocycles. The van der Waals surface area contributed by atoms with Gasteiger partial charge in [-0.05, 0) is 34.7 Å². The standard InChI is InChI=1S/C10H5IN2S/c11-6-1-2-7-8(3-6)14-9-4-12-5-13-10(7)9/h1-5H. The quantitative estimate of drug-likeness (QED) is 0.594. The topological polar surface area (TPSA) is 25.8 Å². The Morgan fingerprint density at radius 1 is 1.21 bits per heavy atom.